The Balaban J connectivity index is 2.06. The minimum atomic E-state index is -0.452. The number of azo groups is 1. The lowest BCUT2D eigenvalue weighted by Gasteiger charge is -2.27. The van der Waals surface area contributed by atoms with Gasteiger partial charge >= 0.3 is 0 Å². The van der Waals surface area contributed by atoms with E-state index in [1.54, 1.807) is 12.1 Å². The molecule has 0 aliphatic heterocycles. The molecule has 2 aromatic rings. The van der Waals surface area contributed by atoms with Gasteiger partial charge in [0.2, 0.25) is 0 Å². The van der Waals surface area contributed by atoms with Crippen molar-refractivity contribution < 1.29 is 10.0 Å². The largest absolute Gasteiger partial charge is 0.394 e. The topological polar surface area (TPSA) is 91.3 Å². The van der Waals surface area contributed by atoms with Crippen LogP contribution in [0.25, 0.3) is 0 Å². The molecule has 0 saturated heterocycles. The van der Waals surface area contributed by atoms with Crippen LogP contribution >= 0.6 is 0 Å². The molecule has 0 saturated carbocycles. The zero-order chi connectivity index (χ0) is 17.5. The van der Waals surface area contributed by atoms with Gasteiger partial charge in [-0.25, -0.2) is 0 Å². The number of nitro benzene ring substituents is 1. The van der Waals surface area contributed by atoms with Crippen LogP contribution in [0.15, 0.2) is 58.8 Å². The van der Waals surface area contributed by atoms with E-state index >= 15 is 0 Å². The highest BCUT2D eigenvalue weighted by atomic mass is 16.6. The number of likely N-dealkylation sites (N-methyl/N-ethyl adjacent to an activating group) is 1. The molecule has 0 fully saturated rings. The second-order valence-electron chi connectivity index (χ2n) is 5.35. The van der Waals surface area contributed by atoms with Crippen LogP contribution in [0.1, 0.15) is 13.3 Å². The van der Waals surface area contributed by atoms with Crippen molar-refractivity contribution in [1.82, 2.24) is 0 Å². The van der Waals surface area contributed by atoms with E-state index in [0.29, 0.717) is 11.4 Å². The number of non-ortho nitro benzene ring substituents is 1. The molecular formula is C17H20N4O3. The fraction of sp³-hybridized carbons (Fsp3) is 0.294. The van der Waals surface area contributed by atoms with Crippen molar-refractivity contribution >= 4 is 22.7 Å². The van der Waals surface area contributed by atoms with E-state index in [1.807, 2.05) is 43.1 Å². The second-order valence-corrected chi connectivity index (χ2v) is 5.35. The Hall–Kier alpha value is -2.80. The molecule has 126 valence electrons. The van der Waals surface area contributed by atoms with Crippen molar-refractivity contribution in [1.29, 1.82) is 0 Å². The second kappa shape index (κ2) is 8.16. The van der Waals surface area contributed by atoms with E-state index in [-0.39, 0.29) is 18.3 Å². The van der Waals surface area contributed by atoms with Gasteiger partial charge in [-0.1, -0.05) is 6.92 Å². The number of aliphatic hydroxyl groups excluding tert-OH is 1. The lowest BCUT2D eigenvalue weighted by atomic mass is 10.2. The summed E-state index contributed by atoms with van der Waals surface area (Å²) in [5.41, 5.74) is 2.25. The average molecular weight is 328 g/mol. The zero-order valence-corrected chi connectivity index (χ0v) is 13.7. The fourth-order valence-corrected chi connectivity index (χ4v) is 2.25. The van der Waals surface area contributed by atoms with E-state index in [4.69, 9.17) is 0 Å². The molecule has 2 aromatic carbocycles. The molecule has 0 heterocycles. The average Bonchev–Trinajstić information content (AvgIpc) is 2.61. The summed E-state index contributed by atoms with van der Waals surface area (Å²) >= 11 is 0. The van der Waals surface area contributed by atoms with E-state index in [2.05, 4.69) is 10.2 Å². The monoisotopic (exact) mass is 328 g/mol. The summed E-state index contributed by atoms with van der Waals surface area (Å²) in [5, 5.41) is 28.2. The van der Waals surface area contributed by atoms with E-state index in [0.717, 1.165) is 12.1 Å². The van der Waals surface area contributed by atoms with Gasteiger partial charge in [-0.15, -0.1) is 0 Å². The third-order valence-electron chi connectivity index (χ3n) is 3.83. The molecule has 7 heteroatoms. The van der Waals surface area contributed by atoms with Crippen molar-refractivity contribution in [3.8, 4) is 0 Å². The minimum absolute atomic E-state index is 0.0238. The first kappa shape index (κ1) is 17.6. The van der Waals surface area contributed by atoms with Crippen molar-refractivity contribution in [2.75, 3.05) is 18.6 Å². The Bertz CT molecular complexity index is 695. The smallest absolute Gasteiger partial charge is 0.269 e. The zero-order valence-electron chi connectivity index (χ0n) is 13.7. The molecule has 24 heavy (non-hydrogen) atoms. The van der Waals surface area contributed by atoms with Gasteiger partial charge in [0.15, 0.2) is 0 Å². The van der Waals surface area contributed by atoms with Gasteiger partial charge in [-0.05, 0) is 42.8 Å². The maximum Gasteiger partial charge on any atom is 0.269 e. The minimum Gasteiger partial charge on any atom is -0.394 e. The van der Waals surface area contributed by atoms with Crippen LogP contribution < -0.4 is 4.90 Å². The van der Waals surface area contributed by atoms with Crippen LogP contribution in [0.5, 0.6) is 0 Å². The summed E-state index contributed by atoms with van der Waals surface area (Å²) in [6, 6.07) is 13.5. The highest BCUT2D eigenvalue weighted by molar-refractivity contribution is 5.53. The first-order valence-corrected chi connectivity index (χ1v) is 7.65. The number of nitrogens with zero attached hydrogens (tertiary/aromatic N) is 4. The Kier molecular flexibility index (Phi) is 5.97. The fourth-order valence-electron chi connectivity index (χ4n) is 2.25. The summed E-state index contributed by atoms with van der Waals surface area (Å²) in [7, 11) is 1.94. The molecule has 1 unspecified atom stereocenters. The lowest BCUT2D eigenvalue weighted by molar-refractivity contribution is -0.384. The summed E-state index contributed by atoms with van der Waals surface area (Å²) in [5.74, 6) is 0. The first-order chi connectivity index (χ1) is 11.5. The molecule has 1 N–H and O–H groups in total. The summed E-state index contributed by atoms with van der Waals surface area (Å²) in [6.07, 6.45) is 0.856. The van der Waals surface area contributed by atoms with Gasteiger partial charge in [0.25, 0.3) is 5.69 Å². The summed E-state index contributed by atoms with van der Waals surface area (Å²) < 4.78 is 0. The van der Waals surface area contributed by atoms with Crippen LogP contribution in [0.3, 0.4) is 0 Å². The van der Waals surface area contributed by atoms with Crippen molar-refractivity contribution in [3.05, 3.63) is 58.6 Å². The van der Waals surface area contributed by atoms with Crippen LogP contribution in [0.2, 0.25) is 0 Å². The van der Waals surface area contributed by atoms with Crippen molar-refractivity contribution in [3.63, 3.8) is 0 Å². The Morgan fingerprint density at radius 3 is 2.00 bits per heavy atom. The molecule has 0 aliphatic rings. The maximum atomic E-state index is 10.6. The highest BCUT2D eigenvalue weighted by Gasteiger charge is 2.11. The number of rotatable bonds is 7. The van der Waals surface area contributed by atoms with E-state index < -0.39 is 4.92 Å². The predicted molar refractivity (Wildman–Crippen MR) is 93.3 cm³/mol. The first-order valence-electron chi connectivity index (χ1n) is 7.65. The van der Waals surface area contributed by atoms with Gasteiger partial charge in [0, 0.05) is 24.9 Å². The predicted octanol–water partition coefficient (Wildman–Crippen LogP) is 4.22. The Morgan fingerprint density at radius 2 is 1.58 bits per heavy atom. The van der Waals surface area contributed by atoms with E-state index in [1.165, 1.54) is 12.1 Å². The molecule has 1 atom stereocenters. The highest BCUT2D eigenvalue weighted by Crippen LogP contribution is 2.24. The third-order valence-corrected chi connectivity index (χ3v) is 3.83. The summed E-state index contributed by atoms with van der Waals surface area (Å²) in [4.78, 5) is 12.2. The van der Waals surface area contributed by atoms with Crippen LogP contribution in [-0.4, -0.2) is 29.7 Å². The molecule has 0 aromatic heterocycles. The molecular weight excluding hydrogens is 308 g/mol. The third kappa shape index (κ3) is 4.36. The van der Waals surface area contributed by atoms with Gasteiger partial charge in [-0.3, -0.25) is 10.1 Å². The number of hydrogen-bond donors (Lipinski definition) is 1. The number of nitro groups is 1. The van der Waals surface area contributed by atoms with Gasteiger partial charge in [-0.2, -0.15) is 10.2 Å². The molecule has 0 aliphatic carbocycles. The van der Waals surface area contributed by atoms with Gasteiger partial charge in [0.1, 0.15) is 0 Å². The Morgan fingerprint density at radius 1 is 1.08 bits per heavy atom. The number of aliphatic hydroxyl groups is 1. The maximum absolute atomic E-state index is 10.6. The number of benzene rings is 2. The number of anilines is 1. The van der Waals surface area contributed by atoms with Crippen LogP contribution in [0, 0.1) is 10.1 Å². The molecule has 0 radical (unpaired) electrons. The quantitative estimate of drug-likeness (QED) is 0.468. The van der Waals surface area contributed by atoms with Gasteiger partial charge in [0.05, 0.1) is 28.9 Å². The normalized spacial score (nSPS) is 12.3. The molecule has 0 bridgehead atoms. The standard InChI is InChI=1S/C17H20N4O3/c1-3-15(12-22)20(2)16-8-4-13(5-9-16)18-19-14-6-10-17(11-7-14)21(23)24/h4-11,15,22H,3,12H2,1-2H3. The molecule has 2 rings (SSSR count). The van der Waals surface area contributed by atoms with Crippen LogP contribution in [0.4, 0.5) is 22.7 Å². The summed E-state index contributed by atoms with van der Waals surface area (Å²) in [6.45, 7) is 2.14. The van der Waals surface area contributed by atoms with Crippen molar-refractivity contribution in [2.45, 2.75) is 19.4 Å². The number of hydrogen-bond acceptors (Lipinski definition) is 6. The van der Waals surface area contributed by atoms with Crippen LogP contribution in [-0.2, 0) is 0 Å². The van der Waals surface area contributed by atoms with E-state index in [9.17, 15) is 15.2 Å². The molecule has 0 spiro atoms. The SMILES string of the molecule is CCC(CO)N(C)c1ccc(N=Nc2ccc([N+](=O)[O-])cc2)cc1. The lowest BCUT2D eigenvalue weighted by Crippen LogP contribution is -2.33. The molecule has 0 amide bonds. The Labute approximate surface area is 140 Å². The molecule has 7 nitrogen and oxygen atoms in total. The van der Waals surface area contributed by atoms with Crippen molar-refractivity contribution in [2.24, 2.45) is 10.2 Å². The van der Waals surface area contributed by atoms with Gasteiger partial charge < -0.3 is 10.0 Å².